The number of aryl methyl sites for hydroxylation is 1. The molecule has 15 heavy (non-hydrogen) atoms. The molecule has 76 valence electrons. The molecule has 0 saturated carbocycles. The summed E-state index contributed by atoms with van der Waals surface area (Å²) in [7, 11) is 0. The first-order valence-electron chi connectivity index (χ1n) is 4.52. The molecule has 0 aliphatic carbocycles. The monoisotopic (exact) mass is 202 g/mol. The number of nitrogens with two attached hydrogens (primary N) is 1. The van der Waals surface area contributed by atoms with Gasteiger partial charge in [0.25, 0.3) is 10.9 Å². The van der Waals surface area contributed by atoms with E-state index in [4.69, 9.17) is 5.73 Å². The SMILES string of the molecule is Cc1ccc(Nc2c(N)c(=O)c2=O)cc1. The highest BCUT2D eigenvalue weighted by atomic mass is 16.2. The Bertz CT molecular complexity index is 563. The number of anilines is 3. The fourth-order valence-electron chi connectivity index (χ4n) is 1.31. The van der Waals surface area contributed by atoms with Crippen molar-refractivity contribution in [2.75, 3.05) is 11.1 Å². The second-order valence-corrected chi connectivity index (χ2v) is 3.44. The average molecular weight is 202 g/mol. The van der Waals surface area contributed by atoms with Crippen molar-refractivity contribution in [2.45, 2.75) is 6.92 Å². The summed E-state index contributed by atoms with van der Waals surface area (Å²) in [5, 5.41) is 2.82. The standard InChI is InChI=1S/C11H10N2O2/c1-6-2-4-7(5-3-6)13-9-8(12)10(14)11(9)15/h2-5,13H,12H2,1H3. The number of nitrogens with one attached hydrogen (secondary N) is 1. The molecule has 0 amide bonds. The van der Waals surface area contributed by atoms with E-state index in [1.807, 2.05) is 31.2 Å². The Morgan fingerprint density at radius 3 is 2.20 bits per heavy atom. The van der Waals surface area contributed by atoms with Gasteiger partial charge < -0.3 is 11.1 Å². The molecule has 4 heteroatoms. The fourth-order valence-corrected chi connectivity index (χ4v) is 1.31. The van der Waals surface area contributed by atoms with Gasteiger partial charge in [0.05, 0.1) is 0 Å². The Hall–Kier alpha value is -2.10. The first-order valence-corrected chi connectivity index (χ1v) is 4.52. The largest absolute Gasteiger partial charge is 0.394 e. The lowest BCUT2D eigenvalue weighted by Gasteiger charge is -2.09. The molecule has 0 unspecified atom stereocenters. The summed E-state index contributed by atoms with van der Waals surface area (Å²) in [6.45, 7) is 1.97. The lowest BCUT2D eigenvalue weighted by atomic mass is 10.1. The van der Waals surface area contributed by atoms with Gasteiger partial charge in [-0.1, -0.05) is 17.7 Å². The maximum Gasteiger partial charge on any atom is 0.253 e. The van der Waals surface area contributed by atoms with E-state index in [1.54, 1.807) is 0 Å². The number of hydrogen-bond acceptors (Lipinski definition) is 4. The molecule has 2 aromatic carbocycles. The molecule has 0 bridgehead atoms. The molecule has 0 radical (unpaired) electrons. The zero-order valence-electron chi connectivity index (χ0n) is 8.20. The maximum atomic E-state index is 11.1. The van der Waals surface area contributed by atoms with Gasteiger partial charge in [0.15, 0.2) is 0 Å². The van der Waals surface area contributed by atoms with E-state index >= 15 is 0 Å². The van der Waals surface area contributed by atoms with Crippen LogP contribution in [0.3, 0.4) is 0 Å². The topological polar surface area (TPSA) is 72.2 Å². The molecule has 3 N–H and O–H groups in total. The van der Waals surface area contributed by atoms with Gasteiger partial charge in [0.1, 0.15) is 11.4 Å². The summed E-state index contributed by atoms with van der Waals surface area (Å²) in [6, 6.07) is 7.46. The van der Waals surface area contributed by atoms with Crippen LogP contribution in [0.2, 0.25) is 0 Å². The number of hydrogen-bond donors (Lipinski definition) is 2. The van der Waals surface area contributed by atoms with Crippen LogP contribution in [0.25, 0.3) is 0 Å². The Labute approximate surface area is 86.0 Å². The summed E-state index contributed by atoms with van der Waals surface area (Å²) in [4.78, 5) is 21.9. The van der Waals surface area contributed by atoms with E-state index in [9.17, 15) is 9.59 Å². The minimum Gasteiger partial charge on any atom is -0.394 e. The van der Waals surface area contributed by atoms with Gasteiger partial charge >= 0.3 is 0 Å². The Balaban J connectivity index is 2.28. The second kappa shape index (κ2) is 3.24. The maximum absolute atomic E-state index is 11.1. The average Bonchev–Trinajstić information content (AvgIpc) is 2.27. The van der Waals surface area contributed by atoms with Crippen LogP contribution in [0.15, 0.2) is 33.9 Å². The molecule has 0 heterocycles. The van der Waals surface area contributed by atoms with Crippen LogP contribution >= 0.6 is 0 Å². The van der Waals surface area contributed by atoms with Crippen molar-refractivity contribution < 1.29 is 0 Å². The van der Waals surface area contributed by atoms with Crippen LogP contribution in [0.5, 0.6) is 0 Å². The van der Waals surface area contributed by atoms with Crippen LogP contribution in [0.1, 0.15) is 5.56 Å². The quantitative estimate of drug-likeness (QED) is 0.710. The van der Waals surface area contributed by atoms with Gasteiger partial charge in [0, 0.05) is 5.69 Å². The van der Waals surface area contributed by atoms with Gasteiger partial charge in [0.2, 0.25) is 0 Å². The lowest BCUT2D eigenvalue weighted by Crippen LogP contribution is -2.36. The van der Waals surface area contributed by atoms with Gasteiger partial charge in [-0.3, -0.25) is 9.59 Å². The number of rotatable bonds is 2. The second-order valence-electron chi connectivity index (χ2n) is 3.44. The highest BCUT2D eigenvalue weighted by molar-refractivity contribution is 5.76. The molecule has 0 atom stereocenters. The van der Waals surface area contributed by atoms with E-state index in [0.717, 1.165) is 11.3 Å². The van der Waals surface area contributed by atoms with Gasteiger partial charge in [-0.05, 0) is 19.1 Å². The molecule has 2 rings (SSSR count). The van der Waals surface area contributed by atoms with Gasteiger partial charge in [-0.25, -0.2) is 0 Å². The molecule has 2 aromatic rings. The van der Waals surface area contributed by atoms with E-state index in [1.165, 1.54) is 0 Å². The summed E-state index contributed by atoms with van der Waals surface area (Å²) >= 11 is 0. The molecule has 0 aromatic heterocycles. The molecular formula is C11H10N2O2. The predicted octanol–water partition coefficient (Wildman–Crippen LogP) is 0.917. The van der Waals surface area contributed by atoms with Crippen molar-refractivity contribution in [3.8, 4) is 0 Å². The Kier molecular flexibility index (Phi) is 2.04. The molecule has 4 nitrogen and oxygen atoms in total. The van der Waals surface area contributed by atoms with Gasteiger partial charge in [-0.2, -0.15) is 0 Å². The summed E-state index contributed by atoms with van der Waals surface area (Å²) in [6.07, 6.45) is 0. The van der Waals surface area contributed by atoms with E-state index in [2.05, 4.69) is 5.32 Å². The number of nitrogen functional groups attached to an aromatic ring is 1. The van der Waals surface area contributed by atoms with Crippen LogP contribution in [-0.4, -0.2) is 0 Å². The number of benzene rings is 1. The molecule has 0 aliphatic heterocycles. The summed E-state index contributed by atoms with van der Waals surface area (Å²) in [5.41, 5.74) is 6.31. The zero-order valence-corrected chi connectivity index (χ0v) is 8.20. The Morgan fingerprint density at radius 1 is 1.07 bits per heavy atom. The zero-order chi connectivity index (χ0) is 11.0. The first kappa shape index (κ1) is 9.45. The summed E-state index contributed by atoms with van der Waals surface area (Å²) < 4.78 is 0. The Morgan fingerprint density at radius 2 is 1.67 bits per heavy atom. The minimum atomic E-state index is -0.607. The molecular weight excluding hydrogens is 192 g/mol. The smallest absolute Gasteiger partial charge is 0.253 e. The summed E-state index contributed by atoms with van der Waals surface area (Å²) in [5.74, 6) is 0. The molecule has 0 saturated heterocycles. The van der Waals surface area contributed by atoms with E-state index in [0.29, 0.717) is 0 Å². The van der Waals surface area contributed by atoms with Crippen molar-refractivity contribution in [2.24, 2.45) is 0 Å². The van der Waals surface area contributed by atoms with Crippen LogP contribution < -0.4 is 21.9 Å². The first-order chi connectivity index (χ1) is 7.09. The van der Waals surface area contributed by atoms with E-state index in [-0.39, 0.29) is 11.4 Å². The molecule has 0 spiro atoms. The van der Waals surface area contributed by atoms with Crippen LogP contribution in [0.4, 0.5) is 17.1 Å². The third kappa shape index (κ3) is 1.50. The van der Waals surface area contributed by atoms with Crippen molar-refractivity contribution in [1.82, 2.24) is 0 Å². The van der Waals surface area contributed by atoms with Crippen LogP contribution in [-0.2, 0) is 0 Å². The fraction of sp³-hybridized carbons (Fsp3) is 0.0909. The van der Waals surface area contributed by atoms with Crippen molar-refractivity contribution in [1.29, 1.82) is 0 Å². The highest BCUT2D eigenvalue weighted by Gasteiger charge is 2.17. The van der Waals surface area contributed by atoms with Crippen molar-refractivity contribution in [3.63, 3.8) is 0 Å². The van der Waals surface area contributed by atoms with E-state index < -0.39 is 10.9 Å². The minimum absolute atomic E-state index is 0.0144. The van der Waals surface area contributed by atoms with Crippen molar-refractivity contribution >= 4 is 17.1 Å². The lowest BCUT2D eigenvalue weighted by molar-refractivity contribution is 1.38. The van der Waals surface area contributed by atoms with Gasteiger partial charge in [-0.15, -0.1) is 0 Å². The van der Waals surface area contributed by atoms with Crippen molar-refractivity contribution in [3.05, 3.63) is 50.3 Å². The third-order valence-electron chi connectivity index (χ3n) is 2.27. The molecule has 0 fully saturated rings. The van der Waals surface area contributed by atoms with Crippen LogP contribution in [0, 0.1) is 6.92 Å². The highest BCUT2D eigenvalue weighted by Crippen LogP contribution is 2.17. The predicted molar refractivity (Wildman–Crippen MR) is 60.2 cm³/mol. The third-order valence-corrected chi connectivity index (χ3v) is 2.27. The normalized spacial score (nSPS) is 10.5. The molecule has 0 aliphatic rings.